The molecule has 5 nitrogen and oxygen atoms in total. The minimum atomic E-state index is -4.86. The van der Waals surface area contributed by atoms with Crippen LogP contribution in [0.15, 0.2) is 29.2 Å². The highest BCUT2D eigenvalue weighted by Crippen LogP contribution is 2.35. The van der Waals surface area contributed by atoms with Crippen molar-refractivity contribution in [2.75, 3.05) is 6.66 Å². The van der Waals surface area contributed by atoms with Crippen LogP contribution in [0.2, 0.25) is 0 Å². The van der Waals surface area contributed by atoms with E-state index >= 15 is 0 Å². The smallest absolute Gasteiger partial charge is 0.294 e. The van der Waals surface area contributed by atoms with Gasteiger partial charge in [-0.2, -0.15) is 26.3 Å². The second kappa shape index (κ2) is 5.40. The highest BCUT2D eigenvalue weighted by molar-refractivity contribution is 7.86. The number of hydrogen-bond acceptors (Lipinski definition) is 5. The van der Waals surface area contributed by atoms with Gasteiger partial charge in [-0.25, -0.2) is 0 Å². The third-order valence-corrected chi connectivity index (χ3v) is 3.28. The zero-order chi connectivity index (χ0) is 14.0. The van der Waals surface area contributed by atoms with Gasteiger partial charge in [0.15, 0.2) is 0 Å². The Balaban J connectivity index is 3.21. The zero-order valence-electron chi connectivity index (χ0n) is 8.89. The molecule has 0 radical (unpaired) electrons. The van der Waals surface area contributed by atoms with Crippen molar-refractivity contribution in [3.63, 3.8) is 0 Å². The van der Waals surface area contributed by atoms with Crippen molar-refractivity contribution in [2.45, 2.75) is 11.1 Å². The fourth-order valence-corrected chi connectivity index (χ4v) is 2.56. The van der Waals surface area contributed by atoms with Crippen molar-refractivity contribution in [3.8, 4) is 0 Å². The van der Waals surface area contributed by atoms with E-state index in [1.807, 2.05) is 0 Å². The minimum Gasteiger partial charge on any atom is -0.294 e. The highest BCUT2D eigenvalue weighted by Gasteiger charge is 2.37. The highest BCUT2D eigenvalue weighted by atomic mass is 32.2. The first-order chi connectivity index (χ1) is 8.14. The molecule has 0 bridgehead atoms. The minimum absolute atomic E-state index is 0.589. The predicted octanol–water partition coefficient (Wildman–Crippen LogP) is 2.45. The lowest BCUT2D eigenvalue weighted by Gasteiger charge is -2.11. The molecule has 0 amide bonds. The van der Waals surface area contributed by atoms with Crippen LogP contribution >= 0.6 is 8.03 Å². The van der Waals surface area contributed by atoms with Gasteiger partial charge < -0.3 is 0 Å². The fraction of sp³-hybridized carbons (Fsp3) is 0.250. The molecule has 0 aliphatic rings. The Bertz CT molecular complexity index is 554. The molecule has 18 heavy (non-hydrogen) atoms. The molecular formula is C8H8F3O5PS. The van der Waals surface area contributed by atoms with Crippen LogP contribution in [-0.2, 0) is 29.9 Å². The van der Waals surface area contributed by atoms with Crippen molar-refractivity contribution in [2.24, 2.45) is 0 Å². The average molecular weight is 304 g/mol. The quantitative estimate of drug-likeness (QED) is 0.485. The molecule has 0 aliphatic heterocycles. The standard InChI is InChI=1S/C8H8F3O5PS/c1-17(12)15-16-18(13,14)7-5-3-2-4-6(7)8(9,10)11/h2-5,17H,1H3. The molecule has 1 aromatic rings. The molecule has 0 saturated heterocycles. The molecule has 0 heterocycles. The molecule has 0 aliphatic carbocycles. The number of halogens is 3. The van der Waals surface area contributed by atoms with Crippen molar-refractivity contribution in [1.29, 1.82) is 0 Å². The maximum atomic E-state index is 12.6. The van der Waals surface area contributed by atoms with E-state index in [0.717, 1.165) is 18.8 Å². The maximum absolute atomic E-state index is 12.6. The van der Waals surface area contributed by atoms with Crippen LogP contribution in [0, 0.1) is 0 Å². The molecule has 0 saturated carbocycles. The lowest BCUT2D eigenvalue weighted by atomic mass is 10.2. The summed E-state index contributed by atoms with van der Waals surface area (Å²) < 4.78 is 78.8. The summed E-state index contributed by atoms with van der Waals surface area (Å²) in [4.78, 5) is -1.10. The predicted molar refractivity (Wildman–Crippen MR) is 55.7 cm³/mol. The van der Waals surface area contributed by atoms with E-state index < -0.39 is 34.8 Å². The van der Waals surface area contributed by atoms with E-state index in [9.17, 15) is 26.2 Å². The van der Waals surface area contributed by atoms with Crippen LogP contribution in [0.1, 0.15) is 5.56 Å². The van der Waals surface area contributed by atoms with Gasteiger partial charge in [0.25, 0.3) is 0 Å². The van der Waals surface area contributed by atoms with E-state index in [4.69, 9.17) is 0 Å². The van der Waals surface area contributed by atoms with Gasteiger partial charge in [-0.1, -0.05) is 16.5 Å². The molecule has 1 atom stereocenters. The van der Waals surface area contributed by atoms with Gasteiger partial charge >= 0.3 is 16.3 Å². The second-order valence-electron chi connectivity index (χ2n) is 3.09. The van der Waals surface area contributed by atoms with Crippen LogP contribution in [0.4, 0.5) is 13.2 Å². The van der Waals surface area contributed by atoms with Gasteiger partial charge in [0.1, 0.15) is 4.90 Å². The third kappa shape index (κ3) is 3.81. The summed E-state index contributed by atoms with van der Waals surface area (Å²) >= 11 is 0. The largest absolute Gasteiger partial charge is 0.417 e. The van der Waals surface area contributed by atoms with Crippen LogP contribution in [0.25, 0.3) is 0 Å². The lowest BCUT2D eigenvalue weighted by molar-refractivity contribution is -0.140. The molecule has 0 spiro atoms. The first kappa shape index (κ1) is 15.2. The summed E-state index contributed by atoms with van der Waals surface area (Å²) in [5.41, 5.74) is -1.38. The van der Waals surface area contributed by atoms with E-state index in [-0.39, 0.29) is 0 Å². The van der Waals surface area contributed by atoms with Crippen LogP contribution in [-0.4, -0.2) is 15.1 Å². The van der Waals surface area contributed by atoms with Gasteiger partial charge in [-0.3, -0.25) is 4.57 Å². The van der Waals surface area contributed by atoms with Gasteiger partial charge in [0, 0.05) is 6.66 Å². The maximum Gasteiger partial charge on any atom is 0.417 e. The number of rotatable bonds is 4. The Labute approximate surface area is 101 Å². The summed E-state index contributed by atoms with van der Waals surface area (Å²) in [6, 6.07) is 3.44. The van der Waals surface area contributed by atoms with Gasteiger partial charge in [0.05, 0.1) is 5.56 Å². The Morgan fingerprint density at radius 2 is 1.78 bits per heavy atom. The first-order valence-electron chi connectivity index (χ1n) is 4.42. The lowest BCUT2D eigenvalue weighted by Crippen LogP contribution is -2.14. The topological polar surface area (TPSA) is 69.7 Å². The molecule has 0 fully saturated rings. The molecule has 0 aromatic heterocycles. The molecular weight excluding hydrogens is 296 g/mol. The SMILES string of the molecule is C[PH](=O)OOS(=O)(=O)c1ccccc1C(F)(F)F. The third-order valence-electron chi connectivity index (χ3n) is 1.70. The van der Waals surface area contributed by atoms with Crippen molar-refractivity contribution >= 4 is 18.1 Å². The van der Waals surface area contributed by atoms with Gasteiger partial charge in [0.2, 0.25) is 8.03 Å². The molecule has 1 aromatic carbocycles. The fourth-order valence-electron chi connectivity index (χ4n) is 1.05. The van der Waals surface area contributed by atoms with E-state index in [2.05, 4.69) is 9.01 Å². The van der Waals surface area contributed by atoms with Crippen LogP contribution in [0.3, 0.4) is 0 Å². The van der Waals surface area contributed by atoms with Crippen molar-refractivity contribution < 1.29 is 35.2 Å². The van der Waals surface area contributed by atoms with E-state index in [0.29, 0.717) is 12.1 Å². The molecule has 1 unspecified atom stereocenters. The van der Waals surface area contributed by atoms with Crippen molar-refractivity contribution in [3.05, 3.63) is 29.8 Å². The molecule has 0 N–H and O–H groups in total. The van der Waals surface area contributed by atoms with Gasteiger partial charge in [-0.05, 0) is 12.1 Å². The van der Waals surface area contributed by atoms with Crippen LogP contribution < -0.4 is 0 Å². The molecule has 10 heteroatoms. The number of benzene rings is 1. The summed E-state index contributed by atoms with van der Waals surface area (Å²) in [6.45, 7) is 1.02. The van der Waals surface area contributed by atoms with E-state index in [1.165, 1.54) is 0 Å². The first-order valence-corrected chi connectivity index (χ1v) is 7.65. The number of alkyl halides is 3. The van der Waals surface area contributed by atoms with Gasteiger partial charge in [-0.15, -0.1) is 0 Å². The number of hydrogen-bond donors (Lipinski definition) is 0. The Kier molecular flexibility index (Phi) is 4.55. The average Bonchev–Trinajstić information content (AvgIpc) is 2.25. The summed E-state index contributed by atoms with van der Waals surface area (Å²) in [6.07, 6.45) is -4.86. The Morgan fingerprint density at radius 1 is 1.22 bits per heavy atom. The zero-order valence-corrected chi connectivity index (χ0v) is 10.7. The molecule has 1 rings (SSSR count). The van der Waals surface area contributed by atoms with E-state index in [1.54, 1.807) is 0 Å². The summed E-state index contributed by atoms with van der Waals surface area (Å²) in [7, 11) is -7.54. The Morgan fingerprint density at radius 3 is 2.28 bits per heavy atom. The second-order valence-corrected chi connectivity index (χ2v) is 5.72. The van der Waals surface area contributed by atoms with Crippen LogP contribution in [0.5, 0.6) is 0 Å². The Hall–Kier alpha value is -0.890. The normalized spacial score (nSPS) is 14.4. The monoisotopic (exact) mass is 304 g/mol. The summed E-state index contributed by atoms with van der Waals surface area (Å²) in [5, 5.41) is 0. The molecule has 102 valence electrons. The summed E-state index contributed by atoms with van der Waals surface area (Å²) in [5.74, 6) is 0. The van der Waals surface area contributed by atoms with Crippen molar-refractivity contribution in [1.82, 2.24) is 0 Å².